The second-order valence-corrected chi connectivity index (χ2v) is 2.42. The summed E-state index contributed by atoms with van der Waals surface area (Å²) in [5, 5.41) is 0. The monoisotopic (exact) mass is 175 g/mol. The zero-order valence-corrected chi connectivity index (χ0v) is 8.67. The molecule has 0 aliphatic rings. The summed E-state index contributed by atoms with van der Waals surface area (Å²) in [5.41, 5.74) is 3.15. The van der Waals surface area contributed by atoms with Gasteiger partial charge in [-0.2, -0.15) is 0 Å². The van der Waals surface area contributed by atoms with E-state index in [0.29, 0.717) is 0 Å². The van der Waals surface area contributed by atoms with E-state index in [9.17, 15) is 0 Å². The highest BCUT2D eigenvalue weighted by Crippen LogP contribution is 2.20. The van der Waals surface area contributed by atoms with E-state index in [1.54, 1.807) is 6.08 Å². The molecule has 1 rings (SSSR count). The Morgan fingerprint density at radius 2 is 1.92 bits per heavy atom. The highest BCUT2D eigenvalue weighted by atomic mass is 14.7. The summed E-state index contributed by atoms with van der Waals surface area (Å²) >= 11 is 0. The Morgan fingerprint density at radius 3 is 2.38 bits per heavy atom. The molecule has 13 heavy (non-hydrogen) atoms. The molecule has 0 saturated heterocycles. The molecule has 70 valence electrons. The molecule has 0 saturated carbocycles. The van der Waals surface area contributed by atoms with Gasteiger partial charge in [-0.25, -0.2) is 0 Å². The number of aliphatic imine (C=N–C) groups is 1. The first-order chi connectivity index (χ1) is 6.27. The van der Waals surface area contributed by atoms with Crippen LogP contribution in [0.25, 0.3) is 6.08 Å². The molecule has 0 aliphatic carbocycles. The van der Waals surface area contributed by atoms with Crippen molar-refractivity contribution in [3.8, 4) is 0 Å². The van der Waals surface area contributed by atoms with E-state index in [2.05, 4.69) is 18.3 Å². The number of nitrogens with zero attached hydrogens (tertiary/aromatic N) is 1. The smallest absolute Gasteiger partial charge is 0.0694 e. The largest absolute Gasteiger partial charge is 0.264 e. The number of hydrogen-bond acceptors (Lipinski definition) is 1. The lowest BCUT2D eigenvalue weighted by Crippen LogP contribution is -1.76. The third-order valence-electron chi connectivity index (χ3n) is 1.57. The fraction of sp³-hybridized carbons (Fsp3) is 0.250. The molecule has 0 aromatic heterocycles. The van der Waals surface area contributed by atoms with Crippen LogP contribution in [0.1, 0.15) is 25.0 Å². The number of benzene rings is 1. The van der Waals surface area contributed by atoms with Crippen LogP contribution in [0.3, 0.4) is 0 Å². The van der Waals surface area contributed by atoms with Gasteiger partial charge in [-0.05, 0) is 31.3 Å². The van der Waals surface area contributed by atoms with E-state index < -0.39 is 0 Å². The fourth-order valence-corrected chi connectivity index (χ4v) is 0.981. The van der Waals surface area contributed by atoms with Gasteiger partial charge in [0.1, 0.15) is 0 Å². The minimum atomic E-state index is 0.894. The average molecular weight is 175 g/mol. The van der Waals surface area contributed by atoms with Crippen molar-refractivity contribution in [2.45, 2.75) is 20.8 Å². The average Bonchev–Trinajstić information content (AvgIpc) is 2.20. The van der Waals surface area contributed by atoms with E-state index in [0.717, 1.165) is 11.3 Å². The predicted octanol–water partition coefficient (Wildman–Crippen LogP) is 4.00. The summed E-state index contributed by atoms with van der Waals surface area (Å²) in [7, 11) is 0. The minimum Gasteiger partial charge on any atom is -0.264 e. The minimum absolute atomic E-state index is 0.894. The van der Waals surface area contributed by atoms with Gasteiger partial charge >= 0.3 is 0 Å². The fourth-order valence-electron chi connectivity index (χ4n) is 0.981. The van der Waals surface area contributed by atoms with Gasteiger partial charge in [0, 0.05) is 0 Å². The Labute approximate surface area is 80.8 Å². The SMILES string of the molecule is C=Cc1cc(C)ccc1N=C.CC. The van der Waals surface area contributed by atoms with Crippen molar-refractivity contribution in [1.29, 1.82) is 0 Å². The zero-order chi connectivity index (χ0) is 10.3. The molecule has 0 radical (unpaired) electrons. The normalized spacial score (nSPS) is 8.23. The molecule has 0 spiro atoms. The van der Waals surface area contributed by atoms with Gasteiger partial charge in [0.2, 0.25) is 0 Å². The lowest BCUT2D eigenvalue weighted by molar-refractivity contribution is 1.43. The molecule has 1 nitrogen and oxygen atoms in total. The summed E-state index contributed by atoms with van der Waals surface area (Å²) in [6.07, 6.45) is 1.79. The maximum absolute atomic E-state index is 3.86. The van der Waals surface area contributed by atoms with Crippen LogP contribution in [-0.4, -0.2) is 6.72 Å². The van der Waals surface area contributed by atoms with Crippen molar-refractivity contribution in [2.75, 3.05) is 0 Å². The zero-order valence-electron chi connectivity index (χ0n) is 8.67. The predicted molar refractivity (Wildman–Crippen MR) is 61.8 cm³/mol. The lowest BCUT2D eigenvalue weighted by atomic mass is 10.1. The van der Waals surface area contributed by atoms with E-state index in [-0.39, 0.29) is 0 Å². The van der Waals surface area contributed by atoms with Gasteiger partial charge < -0.3 is 0 Å². The van der Waals surface area contributed by atoms with Gasteiger partial charge in [0.25, 0.3) is 0 Å². The molecule has 0 bridgehead atoms. The Balaban J connectivity index is 0.000000671. The molecule has 0 heterocycles. The first kappa shape index (κ1) is 11.6. The van der Waals surface area contributed by atoms with E-state index >= 15 is 0 Å². The molecule has 0 atom stereocenters. The van der Waals surface area contributed by atoms with Gasteiger partial charge in [-0.3, -0.25) is 4.99 Å². The molecule has 0 amide bonds. The molecule has 0 aliphatic heterocycles. The van der Waals surface area contributed by atoms with Gasteiger partial charge in [0.05, 0.1) is 5.69 Å². The van der Waals surface area contributed by atoms with Crippen LogP contribution in [-0.2, 0) is 0 Å². The Hall–Kier alpha value is -1.37. The van der Waals surface area contributed by atoms with Crippen LogP contribution in [0.4, 0.5) is 5.69 Å². The van der Waals surface area contributed by atoms with E-state index in [1.165, 1.54) is 5.56 Å². The van der Waals surface area contributed by atoms with Crippen LogP contribution in [0, 0.1) is 6.92 Å². The second kappa shape index (κ2) is 6.18. The first-order valence-electron chi connectivity index (χ1n) is 4.47. The molecule has 1 heteroatoms. The highest BCUT2D eigenvalue weighted by Gasteiger charge is 1.94. The van der Waals surface area contributed by atoms with Crippen molar-refractivity contribution in [1.82, 2.24) is 0 Å². The Kier molecular flexibility index (Phi) is 5.53. The van der Waals surface area contributed by atoms with Crippen LogP contribution in [0.15, 0.2) is 29.8 Å². The third-order valence-corrected chi connectivity index (χ3v) is 1.57. The summed E-state index contributed by atoms with van der Waals surface area (Å²) in [4.78, 5) is 3.86. The van der Waals surface area contributed by atoms with Crippen molar-refractivity contribution in [2.24, 2.45) is 4.99 Å². The number of hydrogen-bond donors (Lipinski definition) is 0. The summed E-state index contributed by atoms with van der Waals surface area (Å²) in [5.74, 6) is 0. The van der Waals surface area contributed by atoms with E-state index in [1.807, 2.05) is 39.0 Å². The van der Waals surface area contributed by atoms with Gasteiger partial charge in [-0.15, -0.1) is 0 Å². The molecular formula is C12H17N. The molecule has 0 N–H and O–H groups in total. The maximum atomic E-state index is 3.86. The molecule has 0 fully saturated rings. The molecular weight excluding hydrogens is 158 g/mol. The second-order valence-electron chi connectivity index (χ2n) is 2.42. The standard InChI is InChI=1S/C10H11N.C2H6/c1-4-9-7-8(2)5-6-10(9)11-3;1-2/h4-7H,1,3H2,2H3;1-2H3. The first-order valence-corrected chi connectivity index (χ1v) is 4.47. The van der Waals surface area contributed by atoms with Crippen LogP contribution >= 0.6 is 0 Å². The van der Waals surface area contributed by atoms with Crippen molar-refractivity contribution < 1.29 is 0 Å². The third kappa shape index (κ3) is 3.24. The van der Waals surface area contributed by atoms with Crippen molar-refractivity contribution in [3.05, 3.63) is 35.9 Å². The maximum Gasteiger partial charge on any atom is 0.0694 e. The Bertz CT molecular complexity index is 287. The highest BCUT2D eigenvalue weighted by molar-refractivity contribution is 5.65. The van der Waals surface area contributed by atoms with E-state index in [4.69, 9.17) is 0 Å². The quantitative estimate of drug-likeness (QED) is 0.602. The molecule has 1 aromatic carbocycles. The van der Waals surface area contributed by atoms with Gasteiger partial charge in [0.15, 0.2) is 0 Å². The number of aryl methyl sites for hydroxylation is 1. The topological polar surface area (TPSA) is 12.4 Å². The Morgan fingerprint density at radius 1 is 1.31 bits per heavy atom. The van der Waals surface area contributed by atoms with Crippen LogP contribution < -0.4 is 0 Å². The van der Waals surface area contributed by atoms with Crippen LogP contribution in [0.2, 0.25) is 0 Å². The van der Waals surface area contributed by atoms with Crippen molar-refractivity contribution >= 4 is 18.5 Å². The van der Waals surface area contributed by atoms with Crippen LogP contribution in [0.5, 0.6) is 0 Å². The molecule has 1 aromatic rings. The van der Waals surface area contributed by atoms with Gasteiger partial charge in [-0.1, -0.05) is 38.1 Å². The summed E-state index contributed by atoms with van der Waals surface area (Å²) in [6, 6.07) is 5.99. The summed E-state index contributed by atoms with van der Waals surface area (Å²) < 4.78 is 0. The van der Waals surface area contributed by atoms with Crippen molar-refractivity contribution in [3.63, 3.8) is 0 Å². The number of rotatable bonds is 2. The summed E-state index contributed by atoms with van der Waals surface area (Å²) in [6.45, 7) is 13.2. The lowest BCUT2D eigenvalue weighted by Gasteiger charge is -1.99. The molecule has 0 unspecified atom stereocenters.